The number of halogens is 1. The lowest BCUT2D eigenvalue weighted by Gasteiger charge is -2.12. The van der Waals surface area contributed by atoms with Crippen molar-refractivity contribution in [3.8, 4) is 5.75 Å². The number of rotatable bonds is 5. The van der Waals surface area contributed by atoms with Crippen molar-refractivity contribution in [1.82, 2.24) is 9.55 Å². The maximum absolute atomic E-state index is 6.24. The molecule has 0 amide bonds. The minimum absolute atomic E-state index is 0.655. The second kappa shape index (κ2) is 5.91. The largest absolute Gasteiger partial charge is 0.492 e. The van der Waals surface area contributed by atoms with Gasteiger partial charge in [-0.1, -0.05) is 23.7 Å². The predicted molar refractivity (Wildman–Crippen MR) is 73.3 cm³/mol. The first-order chi connectivity index (χ1) is 8.68. The van der Waals surface area contributed by atoms with Gasteiger partial charge in [0.1, 0.15) is 5.75 Å². The van der Waals surface area contributed by atoms with Crippen LogP contribution >= 0.6 is 11.6 Å². The van der Waals surface area contributed by atoms with Crippen LogP contribution in [-0.2, 0) is 6.54 Å². The lowest BCUT2D eigenvalue weighted by Crippen LogP contribution is -2.04. The molecule has 0 fully saturated rings. The molecule has 0 aliphatic heterocycles. The molecule has 0 radical (unpaired) electrons. The highest BCUT2D eigenvalue weighted by atomic mass is 35.5. The first kappa shape index (κ1) is 13.0. The Labute approximate surface area is 112 Å². The zero-order valence-electron chi connectivity index (χ0n) is 10.7. The first-order valence-corrected chi connectivity index (χ1v) is 6.40. The van der Waals surface area contributed by atoms with Crippen LogP contribution in [0.3, 0.4) is 0 Å². The van der Waals surface area contributed by atoms with Crippen molar-refractivity contribution >= 4 is 11.6 Å². The van der Waals surface area contributed by atoms with Crippen molar-refractivity contribution in [2.45, 2.75) is 26.8 Å². The summed E-state index contributed by atoms with van der Waals surface area (Å²) in [5, 5.41) is 0.720. The quantitative estimate of drug-likeness (QED) is 0.771. The van der Waals surface area contributed by atoms with E-state index >= 15 is 0 Å². The fraction of sp³-hybridized carbons (Fsp3) is 0.357. The van der Waals surface area contributed by atoms with Crippen LogP contribution in [0.4, 0.5) is 0 Å². The summed E-state index contributed by atoms with van der Waals surface area (Å²) in [4.78, 5) is 4.00. The van der Waals surface area contributed by atoms with E-state index in [1.54, 1.807) is 6.20 Å². The van der Waals surface area contributed by atoms with E-state index in [0.29, 0.717) is 6.61 Å². The molecule has 0 saturated carbocycles. The molecule has 18 heavy (non-hydrogen) atoms. The Kier molecular flexibility index (Phi) is 4.26. The average Bonchev–Trinajstić information content (AvgIpc) is 2.86. The van der Waals surface area contributed by atoms with Crippen molar-refractivity contribution in [3.05, 3.63) is 47.0 Å². The number of ether oxygens (including phenoxy) is 1. The second-order valence-corrected chi connectivity index (χ2v) is 4.72. The van der Waals surface area contributed by atoms with E-state index in [1.165, 1.54) is 0 Å². The summed E-state index contributed by atoms with van der Waals surface area (Å²) >= 11 is 6.24. The first-order valence-electron chi connectivity index (χ1n) is 6.02. The van der Waals surface area contributed by atoms with Gasteiger partial charge in [0.25, 0.3) is 0 Å². The van der Waals surface area contributed by atoms with Crippen LogP contribution in [0.15, 0.2) is 30.9 Å². The monoisotopic (exact) mass is 264 g/mol. The molecule has 0 unspecified atom stereocenters. The Balaban J connectivity index is 1.88. The Morgan fingerprint density at radius 3 is 2.78 bits per heavy atom. The molecular formula is C14H17ClN2O. The maximum Gasteiger partial charge on any atom is 0.141 e. The summed E-state index contributed by atoms with van der Waals surface area (Å²) in [7, 11) is 0. The zero-order valence-corrected chi connectivity index (χ0v) is 11.4. The molecular weight excluding hydrogens is 248 g/mol. The minimum Gasteiger partial charge on any atom is -0.492 e. The average molecular weight is 265 g/mol. The summed E-state index contributed by atoms with van der Waals surface area (Å²) in [6.45, 7) is 5.56. The molecule has 2 aromatic rings. The topological polar surface area (TPSA) is 27.1 Å². The molecule has 96 valence electrons. The van der Waals surface area contributed by atoms with Crippen molar-refractivity contribution < 1.29 is 4.74 Å². The highest BCUT2D eigenvalue weighted by Gasteiger charge is 2.07. The fourth-order valence-electron chi connectivity index (χ4n) is 1.77. The number of aryl methyl sites for hydroxylation is 3. The highest BCUT2D eigenvalue weighted by Crippen LogP contribution is 2.31. The van der Waals surface area contributed by atoms with Crippen LogP contribution in [0.1, 0.15) is 17.5 Å². The molecule has 0 saturated heterocycles. The SMILES string of the molecule is Cc1ccc(C)c(OCCCn2ccnc2)c1Cl. The van der Waals surface area contributed by atoms with E-state index in [-0.39, 0.29) is 0 Å². The molecule has 1 aromatic heterocycles. The molecule has 1 heterocycles. The van der Waals surface area contributed by atoms with Gasteiger partial charge < -0.3 is 9.30 Å². The van der Waals surface area contributed by atoms with E-state index in [4.69, 9.17) is 16.3 Å². The zero-order chi connectivity index (χ0) is 13.0. The van der Waals surface area contributed by atoms with Gasteiger partial charge in [-0.2, -0.15) is 0 Å². The Morgan fingerprint density at radius 2 is 2.06 bits per heavy atom. The third-order valence-electron chi connectivity index (χ3n) is 2.85. The van der Waals surface area contributed by atoms with E-state index < -0.39 is 0 Å². The lowest BCUT2D eigenvalue weighted by molar-refractivity contribution is 0.300. The normalized spacial score (nSPS) is 10.6. The molecule has 0 spiro atoms. The van der Waals surface area contributed by atoms with Crippen LogP contribution in [-0.4, -0.2) is 16.2 Å². The molecule has 4 heteroatoms. The molecule has 0 aliphatic carbocycles. The van der Waals surface area contributed by atoms with Gasteiger partial charge in [-0.05, 0) is 31.4 Å². The van der Waals surface area contributed by atoms with E-state index in [1.807, 2.05) is 43.1 Å². The van der Waals surface area contributed by atoms with Crippen LogP contribution in [0.25, 0.3) is 0 Å². The van der Waals surface area contributed by atoms with E-state index in [2.05, 4.69) is 4.98 Å². The smallest absolute Gasteiger partial charge is 0.141 e. The molecule has 2 rings (SSSR count). The third-order valence-corrected chi connectivity index (χ3v) is 3.32. The minimum atomic E-state index is 0.655. The van der Waals surface area contributed by atoms with Gasteiger partial charge in [-0.25, -0.2) is 4.98 Å². The molecule has 1 aromatic carbocycles. The van der Waals surface area contributed by atoms with Gasteiger partial charge in [-0.3, -0.25) is 0 Å². The van der Waals surface area contributed by atoms with Crippen molar-refractivity contribution in [3.63, 3.8) is 0 Å². The number of benzene rings is 1. The number of hydrogen-bond donors (Lipinski definition) is 0. The summed E-state index contributed by atoms with van der Waals surface area (Å²) in [5.74, 6) is 0.808. The van der Waals surface area contributed by atoms with Gasteiger partial charge in [0.15, 0.2) is 0 Å². The van der Waals surface area contributed by atoms with Crippen molar-refractivity contribution in [2.24, 2.45) is 0 Å². The summed E-state index contributed by atoms with van der Waals surface area (Å²) in [6.07, 6.45) is 6.47. The molecule has 0 atom stereocenters. The molecule has 0 bridgehead atoms. The van der Waals surface area contributed by atoms with Crippen LogP contribution in [0.5, 0.6) is 5.75 Å². The second-order valence-electron chi connectivity index (χ2n) is 4.34. The Bertz CT molecular complexity index is 509. The van der Waals surface area contributed by atoms with Gasteiger partial charge >= 0.3 is 0 Å². The van der Waals surface area contributed by atoms with Gasteiger partial charge in [-0.15, -0.1) is 0 Å². The number of nitrogens with zero attached hydrogens (tertiary/aromatic N) is 2. The Morgan fingerprint density at radius 1 is 1.28 bits per heavy atom. The van der Waals surface area contributed by atoms with Crippen molar-refractivity contribution in [2.75, 3.05) is 6.61 Å². The summed E-state index contributed by atoms with van der Waals surface area (Å²) in [5.41, 5.74) is 2.13. The molecule has 3 nitrogen and oxygen atoms in total. The van der Waals surface area contributed by atoms with E-state index in [9.17, 15) is 0 Å². The van der Waals surface area contributed by atoms with Gasteiger partial charge in [0.2, 0.25) is 0 Å². The Hall–Kier alpha value is -1.48. The van der Waals surface area contributed by atoms with Gasteiger partial charge in [0.05, 0.1) is 18.0 Å². The van der Waals surface area contributed by atoms with E-state index in [0.717, 1.165) is 34.9 Å². The predicted octanol–water partition coefficient (Wildman–Crippen LogP) is 3.62. The molecule has 0 N–H and O–H groups in total. The molecule has 0 aliphatic rings. The highest BCUT2D eigenvalue weighted by molar-refractivity contribution is 6.32. The standard InChI is InChI=1S/C14H17ClN2O/c1-11-4-5-12(2)14(13(11)15)18-9-3-7-17-8-6-16-10-17/h4-6,8,10H,3,7,9H2,1-2H3. The third kappa shape index (κ3) is 3.05. The van der Waals surface area contributed by atoms with Crippen molar-refractivity contribution in [1.29, 1.82) is 0 Å². The number of hydrogen-bond acceptors (Lipinski definition) is 2. The van der Waals surface area contributed by atoms with Gasteiger partial charge in [0, 0.05) is 18.9 Å². The van der Waals surface area contributed by atoms with Crippen LogP contribution in [0, 0.1) is 13.8 Å². The fourth-order valence-corrected chi connectivity index (χ4v) is 2.04. The number of imidazole rings is 1. The summed E-state index contributed by atoms with van der Waals surface area (Å²) < 4.78 is 7.82. The number of aromatic nitrogens is 2. The summed E-state index contributed by atoms with van der Waals surface area (Å²) in [6, 6.07) is 4.04. The van der Waals surface area contributed by atoms with Crippen LogP contribution < -0.4 is 4.74 Å². The lowest BCUT2D eigenvalue weighted by atomic mass is 10.1. The maximum atomic E-state index is 6.24. The van der Waals surface area contributed by atoms with Crippen LogP contribution in [0.2, 0.25) is 5.02 Å².